The predicted molar refractivity (Wildman–Crippen MR) is 92.1 cm³/mol. The van der Waals surface area contributed by atoms with Crippen molar-refractivity contribution in [3.05, 3.63) is 58.3 Å². The Morgan fingerprint density at radius 3 is 2.71 bits per heavy atom. The molecule has 1 amide bonds. The number of rotatable bonds is 2. The van der Waals surface area contributed by atoms with Crippen LogP contribution >= 0.6 is 0 Å². The van der Waals surface area contributed by atoms with Gasteiger partial charge < -0.3 is 14.4 Å². The van der Waals surface area contributed by atoms with E-state index in [1.165, 1.54) is 22.8 Å². The summed E-state index contributed by atoms with van der Waals surface area (Å²) in [5.74, 6) is -0.600. The maximum atomic E-state index is 13.7. The number of halogens is 1. The van der Waals surface area contributed by atoms with Gasteiger partial charge in [-0.2, -0.15) is 0 Å². The number of aryl methyl sites for hydroxylation is 1. The van der Waals surface area contributed by atoms with E-state index in [1.807, 2.05) is 18.9 Å². The second-order valence-corrected chi connectivity index (χ2v) is 6.12. The molecule has 2 aromatic rings. The summed E-state index contributed by atoms with van der Waals surface area (Å²) in [4.78, 5) is 28.4. The minimum Gasteiger partial charge on any atom is -0.373 e. The lowest BCUT2D eigenvalue weighted by molar-refractivity contribution is -0.119. The summed E-state index contributed by atoms with van der Waals surface area (Å²) in [5.41, 5.74) is 2.01. The van der Waals surface area contributed by atoms with E-state index in [0.29, 0.717) is 12.2 Å². The molecule has 0 fully saturated rings. The minimum atomic E-state index is -0.380. The van der Waals surface area contributed by atoms with E-state index in [1.54, 1.807) is 23.2 Å². The number of hydrogen-bond acceptors (Lipinski definition) is 3. The monoisotopic (exact) mass is 329 g/mol. The Kier molecular flexibility index (Phi) is 4.38. The average Bonchev–Trinajstić information content (AvgIpc) is 2.69. The Bertz CT molecular complexity index is 831. The van der Waals surface area contributed by atoms with E-state index in [-0.39, 0.29) is 23.8 Å². The third-order valence-electron chi connectivity index (χ3n) is 4.27. The third kappa shape index (κ3) is 3.18. The van der Waals surface area contributed by atoms with Crippen LogP contribution in [0.5, 0.6) is 0 Å². The molecular weight excluding hydrogens is 309 g/mol. The summed E-state index contributed by atoms with van der Waals surface area (Å²) < 4.78 is 15.1. The van der Waals surface area contributed by atoms with Gasteiger partial charge in [0.25, 0.3) is 5.56 Å². The molecule has 1 aliphatic rings. The number of benzene rings is 1. The molecular formula is C18H20FN3O2. The van der Waals surface area contributed by atoms with E-state index in [0.717, 1.165) is 24.2 Å². The van der Waals surface area contributed by atoms with E-state index >= 15 is 0 Å². The average molecular weight is 329 g/mol. The molecule has 0 spiro atoms. The van der Waals surface area contributed by atoms with Crippen molar-refractivity contribution in [1.82, 2.24) is 4.57 Å². The van der Waals surface area contributed by atoms with Crippen LogP contribution in [-0.4, -0.2) is 30.6 Å². The molecule has 0 aliphatic carbocycles. The highest BCUT2D eigenvalue weighted by atomic mass is 19.1. The summed E-state index contributed by atoms with van der Waals surface area (Å²) in [5, 5.41) is 0. The lowest BCUT2D eigenvalue weighted by Gasteiger charge is -2.24. The maximum Gasteiger partial charge on any atom is 0.251 e. The highest BCUT2D eigenvalue weighted by Crippen LogP contribution is 2.32. The minimum absolute atomic E-state index is 0.0568. The number of pyridine rings is 1. The van der Waals surface area contributed by atoms with Crippen LogP contribution in [0.15, 0.2) is 41.3 Å². The van der Waals surface area contributed by atoms with Crippen LogP contribution in [-0.2, 0) is 11.3 Å². The zero-order valence-corrected chi connectivity index (χ0v) is 13.8. The standard InChI is InChI=1S/C18H20FN3O2/c1-13-6-9-21(17(23)10-13)12-18(24)22-8-3-7-20(2)15-5-4-14(19)11-16(15)22/h4-6,9-11H,3,7-8,12H2,1-2H3. The second kappa shape index (κ2) is 6.47. The number of fused-ring (bicyclic) bond motifs is 1. The van der Waals surface area contributed by atoms with Gasteiger partial charge in [-0.05, 0) is 43.2 Å². The van der Waals surface area contributed by atoms with Gasteiger partial charge in [-0.1, -0.05) is 0 Å². The van der Waals surface area contributed by atoms with Crippen LogP contribution < -0.4 is 15.4 Å². The van der Waals surface area contributed by atoms with Gasteiger partial charge in [0.2, 0.25) is 5.91 Å². The molecule has 0 N–H and O–H groups in total. The van der Waals surface area contributed by atoms with Crippen LogP contribution in [0.1, 0.15) is 12.0 Å². The first kappa shape index (κ1) is 16.2. The summed E-state index contributed by atoms with van der Waals surface area (Å²) in [6, 6.07) is 7.75. The van der Waals surface area contributed by atoms with E-state index in [4.69, 9.17) is 0 Å². The van der Waals surface area contributed by atoms with E-state index in [9.17, 15) is 14.0 Å². The summed E-state index contributed by atoms with van der Waals surface area (Å²) in [6.07, 6.45) is 2.40. The predicted octanol–water partition coefficient (Wildman–Crippen LogP) is 2.17. The van der Waals surface area contributed by atoms with Crippen LogP contribution in [0.2, 0.25) is 0 Å². The molecule has 3 rings (SSSR count). The number of aromatic nitrogens is 1. The Hall–Kier alpha value is -2.63. The van der Waals surface area contributed by atoms with Gasteiger partial charge in [0, 0.05) is 32.4 Å². The van der Waals surface area contributed by atoms with Gasteiger partial charge in [0.1, 0.15) is 12.4 Å². The number of amides is 1. The molecule has 6 heteroatoms. The van der Waals surface area contributed by atoms with Crippen molar-refractivity contribution in [3.63, 3.8) is 0 Å². The molecule has 5 nitrogen and oxygen atoms in total. The number of hydrogen-bond donors (Lipinski definition) is 0. The van der Waals surface area contributed by atoms with Crippen molar-refractivity contribution in [3.8, 4) is 0 Å². The molecule has 0 bridgehead atoms. The van der Waals surface area contributed by atoms with Crippen molar-refractivity contribution in [2.24, 2.45) is 0 Å². The number of carbonyl (C=O) groups excluding carboxylic acids is 1. The molecule has 0 unspecified atom stereocenters. The zero-order chi connectivity index (χ0) is 17.3. The van der Waals surface area contributed by atoms with Crippen molar-refractivity contribution >= 4 is 17.3 Å². The molecule has 1 aromatic carbocycles. The number of carbonyl (C=O) groups is 1. The molecule has 24 heavy (non-hydrogen) atoms. The smallest absolute Gasteiger partial charge is 0.251 e. The Morgan fingerprint density at radius 2 is 1.96 bits per heavy atom. The highest BCUT2D eigenvalue weighted by molar-refractivity contribution is 5.97. The van der Waals surface area contributed by atoms with Gasteiger partial charge >= 0.3 is 0 Å². The van der Waals surface area contributed by atoms with E-state index < -0.39 is 0 Å². The summed E-state index contributed by atoms with van der Waals surface area (Å²) in [6.45, 7) is 3.06. The topological polar surface area (TPSA) is 45.6 Å². The molecule has 0 radical (unpaired) electrons. The molecule has 0 atom stereocenters. The molecule has 0 saturated heterocycles. The van der Waals surface area contributed by atoms with Gasteiger partial charge in [0.05, 0.1) is 11.4 Å². The fourth-order valence-electron chi connectivity index (χ4n) is 2.97. The summed E-state index contributed by atoms with van der Waals surface area (Å²) in [7, 11) is 1.93. The third-order valence-corrected chi connectivity index (χ3v) is 4.27. The Labute approximate surface area is 139 Å². The molecule has 1 aromatic heterocycles. The number of nitrogens with zero attached hydrogens (tertiary/aromatic N) is 3. The first-order valence-electron chi connectivity index (χ1n) is 7.94. The fraction of sp³-hybridized carbons (Fsp3) is 0.333. The zero-order valence-electron chi connectivity index (χ0n) is 13.8. The van der Waals surface area contributed by atoms with Crippen LogP contribution in [0.3, 0.4) is 0 Å². The van der Waals surface area contributed by atoms with Crippen molar-refractivity contribution in [2.45, 2.75) is 19.9 Å². The molecule has 126 valence electrons. The van der Waals surface area contributed by atoms with E-state index in [2.05, 4.69) is 0 Å². The van der Waals surface area contributed by atoms with Crippen molar-refractivity contribution in [1.29, 1.82) is 0 Å². The highest BCUT2D eigenvalue weighted by Gasteiger charge is 2.24. The Balaban J connectivity index is 1.93. The normalized spacial score (nSPS) is 14.3. The van der Waals surface area contributed by atoms with Gasteiger partial charge in [-0.25, -0.2) is 4.39 Å². The van der Waals surface area contributed by atoms with Gasteiger partial charge in [0.15, 0.2) is 0 Å². The molecule has 1 aliphatic heterocycles. The van der Waals surface area contributed by atoms with Gasteiger partial charge in [-0.3, -0.25) is 9.59 Å². The largest absolute Gasteiger partial charge is 0.373 e. The SMILES string of the molecule is Cc1ccn(CC(=O)N2CCCN(C)c3ccc(F)cc32)c(=O)c1. The first-order chi connectivity index (χ1) is 11.5. The maximum absolute atomic E-state index is 13.7. The summed E-state index contributed by atoms with van der Waals surface area (Å²) >= 11 is 0. The molecule has 0 saturated carbocycles. The number of anilines is 2. The van der Waals surface area contributed by atoms with Crippen LogP contribution in [0.25, 0.3) is 0 Å². The first-order valence-corrected chi connectivity index (χ1v) is 7.94. The second-order valence-electron chi connectivity index (χ2n) is 6.12. The van der Waals surface area contributed by atoms with Crippen LogP contribution in [0, 0.1) is 12.7 Å². The van der Waals surface area contributed by atoms with Crippen LogP contribution in [0.4, 0.5) is 15.8 Å². The van der Waals surface area contributed by atoms with Crippen molar-refractivity contribution in [2.75, 3.05) is 29.9 Å². The Morgan fingerprint density at radius 1 is 1.17 bits per heavy atom. The van der Waals surface area contributed by atoms with Gasteiger partial charge in [-0.15, -0.1) is 0 Å². The van der Waals surface area contributed by atoms with Crippen molar-refractivity contribution < 1.29 is 9.18 Å². The quantitative estimate of drug-likeness (QED) is 0.848. The fourth-order valence-corrected chi connectivity index (χ4v) is 2.97. The lowest BCUT2D eigenvalue weighted by Crippen LogP contribution is -2.37. The lowest BCUT2D eigenvalue weighted by atomic mass is 10.2. The molecule has 2 heterocycles.